The average molecular weight is 782 g/mol. The monoisotopic (exact) mass is 781 g/mol. The van der Waals surface area contributed by atoms with Crippen molar-refractivity contribution in [2.45, 2.75) is 48.8 Å². The molecule has 1 aliphatic carbocycles. The zero-order chi connectivity index (χ0) is 40.1. The Labute approximate surface area is 323 Å². The summed E-state index contributed by atoms with van der Waals surface area (Å²) in [6.45, 7) is 0.122. The molecule has 0 saturated carbocycles. The molecule has 5 aliphatic rings. The predicted molar refractivity (Wildman–Crippen MR) is 201 cm³/mol. The Morgan fingerprint density at radius 2 is 1.84 bits per heavy atom. The average Bonchev–Trinajstić information content (AvgIpc) is 3.86. The van der Waals surface area contributed by atoms with E-state index in [2.05, 4.69) is 15.0 Å². The van der Waals surface area contributed by atoms with Crippen LogP contribution in [0.15, 0.2) is 100.0 Å². The molecule has 8 rings (SSSR count). The van der Waals surface area contributed by atoms with Crippen LogP contribution in [-0.2, 0) is 16.1 Å². The van der Waals surface area contributed by atoms with Gasteiger partial charge in [0.05, 0.1) is 24.8 Å². The molecule has 4 aliphatic heterocycles. The summed E-state index contributed by atoms with van der Waals surface area (Å²) in [4.78, 5) is 24.9. The zero-order valence-corrected chi connectivity index (χ0v) is 29.9. The van der Waals surface area contributed by atoms with Crippen LogP contribution in [0.2, 0.25) is 0 Å². The second kappa shape index (κ2) is 14.5. The lowest BCUT2D eigenvalue weighted by molar-refractivity contribution is -0.337. The molecule has 17 heteroatoms. The number of aliphatic imine (C=N–C) groups is 3. The number of aliphatic hydroxyl groups is 4. The Bertz CT molecular complexity index is 2320. The van der Waals surface area contributed by atoms with E-state index >= 15 is 0 Å². The number of carboxylic acid groups (broad SMARTS) is 1. The number of fused-ring (bicyclic) bond motifs is 3. The molecule has 0 radical (unpaired) electrons. The normalized spacial score (nSPS) is 28.2. The van der Waals surface area contributed by atoms with Crippen LogP contribution in [0.25, 0.3) is 5.76 Å². The molecule has 1 fully saturated rings. The molecule has 9 N–H and O–H groups in total. The number of hydrogen-bond acceptors (Lipinski definition) is 14. The fraction of sp³-hybridized carbons (Fsp3) is 0.275. The van der Waals surface area contributed by atoms with Crippen LogP contribution >= 0.6 is 0 Å². The number of carboxylic acids is 1. The molecular weight excluding hydrogens is 744 g/mol. The minimum Gasteiger partial charge on any atom is -0.508 e. The molecule has 0 aromatic heterocycles. The lowest BCUT2D eigenvalue weighted by Gasteiger charge is -2.55. The van der Waals surface area contributed by atoms with E-state index in [1.807, 2.05) is 6.08 Å². The summed E-state index contributed by atoms with van der Waals surface area (Å²) in [5.74, 6) is -3.84. The molecule has 294 valence electrons. The highest BCUT2D eigenvalue weighted by Crippen LogP contribution is 2.53. The summed E-state index contributed by atoms with van der Waals surface area (Å²) < 4.78 is 29.9. The highest BCUT2D eigenvalue weighted by Gasteiger charge is 2.69. The third-order valence-electron chi connectivity index (χ3n) is 10.2. The van der Waals surface area contributed by atoms with Crippen molar-refractivity contribution in [3.63, 3.8) is 0 Å². The van der Waals surface area contributed by atoms with E-state index in [-0.39, 0.29) is 47.4 Å². The number of aromatic hydroxyl groups is 2. The molecule has 1 saturated heterocycles. The topological polar surface area (TPSA) is 268 Å². The quantitative estimate of drug-likeness (QED) is 0.121. The number of ether oxygens (including phenoxy) is 5. The molecule has 2 bridgehead atoms. The van der Waals surface area contributed by atoms with Gasteiger partial charge in [0.15, 0.2) is 28.9 Å². The van der Waals surface area contributed by atoms with Crippen molar-refractivity contribution in [3.05, 3.63) is 102 Å². The van der Waals surface area contributed by atoms with Crippen molar-refractivity contribution in [3.8, 4) is 34.5 Å². The van der Waals surface area contributed by atoms with Gasteiger partial charge in [-0.05, 0) is 52.5 Å². The van der Waals surface area contributed by atoms with Crippen LogP contribution in [0, 0.1) is 5.92 Å². The number of phenolic OH excluding ortho intramolecular Hbond substituents is 2. The number of allylic oxidation sites excluding steroid dienone is 1. The van der Waals surface area contributed by atoms with Gasteiger partial charge in [-0.15, -0.1) is 0 Å². The molecule has 3 aromatic carbocycles. The highest BCUT2D eigenvalue weighted by molar-refractivity contribution is 6.13. The van der Waals surface area contributed by atoms with Crippen LogP contribution in [0.1, 0.15) is 29.2 Å². The maximum absolute atomic E-state index is 12.6. The van der Waals surface area contributed by atoms with Crippen molar-refractivity contribution in [2.24, 2.45) is 20.9 Å². The first-order valence-corrected chi connectivity index (χ1v) is 17.8. The second-order valence-corrected chi connectivity index (χ2v) is 13.9. The summed E-state index contributed by atoms with van der Waals surface area (Å²) in [5, 5.41) is 84.1. The summed E-state index contributed by atoms with van der Waals surface area (Å²) in [6, 6.07) is 14.2. The minimum atomic E-state index is -2.61. The van der Waals surface area contributed by atoms with E-state index in [9.17, 15) is 40.5 Å². The van der Waals surface area contributed by atoms with Gasteiger partial charge in [0, 0.05) is 24.6 Å². The van der Waals surface area contributed by atoms with E-state index < -0.39 is 59.2 Å². The van der Waals surface area contributed by atoms with Gasteiger partial charge in [-0.2, -0.15) is 0 Å². The Hall–Kier alpha value is -6.53. The van der Waals surface area contributed by atoms with Crippen molar-refractivity contribution < 1.29 is 69.6 Å². The fourth-order valence-corrected chi connectivity index (χ4v) is 7.36. The van der Waals surface area contributed by atoms with E-state index in [4.69, 9.17) is 29.1 Å². The van der Waals surface area contributed by atoms with Crippen molar-refractivity contribution in [2.75, 3.05) is 13.2 Å². The van der Waals surface area contributed by atoms with E-state index in [1.54, 1.807) is 42.5 Å². The fourth-order valence-electron chi connectivity index (χ4n) is 7.36. The molecule has 0 amide bonds. The predicted octanol–water partition coefficient (Wildman–Crippen LogP) is 1.33. The molecular formula is C40H37N4O13+. The standard InChI is InChI=1S/C40H36N4O13/c41-31-9-6-22(44-31)11-13-53-24-7-4-21(5-8-24)28-15-27(46)32-29(55-28)16-30(34(33(32)47)54-18-20-2-1-3-23(45)14-20)56-38-39(51)12-10-25(26-17-42-19-43-26)40(52,37(39)50)35(57-38)36(48)49/h1-10,12,14-16,19,25,28,35,37-38,41,45-47,50-52H,11,13,17-18H2,(H,48,49)/p+1/t25-,28?,35+,37-,38+,39+,40+/m0/s1. The van der Waals surface area contributed by atoms with Gasteiger partial charge in [-0.3, -0.25) is 10.4 Å². The summed E-state index contributed by atoms with van der Waals surface area (Å²) >= 11 is 0. The summed E-state index contributed by atoms with van der Waals surface area (Å²) in [5.41, 5.74) is -3.25. The molecule has 4 heterocycles. The number of aliphatic hydroxyl groups excluding tert-OH is 2. The third-order valence-corrected chi connectivity index (χ3v) is 10.2. The number of aliphatic carboxylic acids is 1. The number of phenols is 2. The highest BCUT2D eigenvalue weighted by atomic mass is 16.7. The first-order valence-electron chi connectivity index (χ1n) is 17.8. The SMILES string of the molecule is [NH2+]=C1C=CC(CCOc2ccc(C3C=C(O)c4c(cc(O[C@@H]5O[C@H](C(=O)O)[C@]6(O)[C@H](C7=NC=NC7)C=C[C@@]5(O)[C@@H]6O)c(OCc5cccc(O)c5)c4O)O3)cc2)=N1. The Kier molecular flexibility index (Phi) is 9.53. The van der Waals surface area contributed by atoms with Crippen LogP contribution in [0.4, 0.5) is 0 Å². The second-order valence-electron chi connectivity index (χ2n) is 13.9. The molecule has 0 spiro atoms. The van der Waals surface area contributed by atoms with E-state index in [0.29, 0.717) is 35.7 Å². The van der Waals surface area contributed by atoms with Crippen LogP contribution in [0.3, 0.4) is 0 Å². The van der Waals surface area contributed by atoms with Gasteiger partial charge in [-0.1, -0.05) is 30.3 Å². The van der Waals surface area contributed by atoms with Gasteiger partial charge in [0.25, 0.3) is 0 Å². The van der Waals surface area contributed by atoms with Crippen molar-refractivity contribution in [1.82, 2.24) is 0 Å². The molecule has 57 heavy (non-hydrogen) atoms. The molecule has 17 nitrogen and oxygen atoms in total. The number of amidine groups is 1. The molecule has 7 atom stereocenters. The number of nitrogens with zero attached hydrogens (tertiary/aromatic N) is 3. The van der Waals surface area contributed by atoms with Crippen LogP contribution in [-0.4, -0.2) is 108 Å². The number of nitrogens with two attached hydrogens (primary N) is 1. The largest absolute Gasteiger partial charge is 0.508 e. The van der Waals surface area contributed by atoms with Crippen molar-refractivity contribution in [1.29, 1.82) is 0 Å². The van der Waals surface area contributed by atoms with Crippen molar-refractivity contribution >= 4 is 35.3 Å². The maximum atomic E-state index is 12.6. The Morgan fingerprint density at radius 3 is 2.54 bits per heavy atom. The van der Waals surface area contributed by atoms with Gasteiger partial charge in [0.1, 0.15) is 59.3 Å². The number of carbonyl (C=O) groups is 1. The minimum absolute atomic E-state index is 0.0209. The smallest absolute Gasteiger partial charge is 0.336 e. The zero-order valence-electron chi connectivity index (χ0n) is 29.9. The number of hydrogen-bond donors (Lipinski definition) is 8. The molecule has 1 unspecified atom stereocenters. The third kappa shape index (κ3) is 6.75. The van der Waals surface area contributed by atoms with Crippen LogP contribution in [0.5, 0.6) is 34.5 Å². The number of benzene rings is 3. The summed E-state index contributed by atoms with van der Waals surface area (Å²) in [6.07, 6.45) is 1.83. The number of rotatable bonds is 12. The maximum Gasteiger partial charge on any atom is 0.336 e. The van der Waals surface area contributed by atoms with E-state index in [0.717, 1.165) is 11.8 Å². The molecule has 3 aromatic rings. The van der Waals surface area contributed by atoms with Gasteiger partial charge in [-0.25, -0.2) is 9.79 Å². The Balaban J connectivity index is 1.11. The Morgan fingerprint density at radius 1 is 1.04 bits per heavy atom. The first kappa shape index (κ1) is 37.4. The first-order chi connectivity index (χ1) is 27.3. The lowest BCUT2D eigenvalue weighted by atomic mass is 9.64. The van der Waals surface area contributed by atoms with E-state index in [1.165, 1.54) is 36.7 Å². The van der Waals surface area contributed by atoms with Gasteiger partial charge >= 0.3 is 11.8 Å². The van der Waals surface area contributed by atoms with Gasteiger partial charge in [0.2, 0.25) is 12.0 Å². The van der Waals surface area contributed by atoms with Gasteiger partial charge < -0.3 is 59.4 Å². The lowest BCUT2D eigenvalue weighted by Crippen LogP contribution is -2.78. The van der Waals surface area contributed by atoms with Crippen LogP contribution < -0.4 is 24.4 Å². The summed E-state index contributed by atoms with van der Waals surface area (Å²) in [7, 11) is 0.